The molecule has 11 heteroatoms. The summed E-state index contributed by atoms with van der Waals surface area (Å²) in [6, 6.07) is 7.65. The number of thioether (sulfide) groups is 1. The Labute approximate surface area is 200 Å². The summed E-state index contributed by atoms with van der Waals surface area (Å²) in [5.74, 6) is 0.298. The van der Waals surface area contributed by atoms with Gasteiger partial charge in [-0.25, -0.2) is 9.78 Å². The van der Waals surface area contributed by atoms with Crippen molar-refractivity contribution in [2.75, 3.05) is 38.5 Å². The van der Waals surface area contributed by atoms with Gasteiger partial charge in [-0.15, -0.1) is 21.5 Å². The highest BCUT2D eigenvalue weighted by Crippen LogP contribution is 2.34. The number of piperazine rings is 1. The third kappa shape index (κ3) is 5.66. The highest BCUT2D eigenvalue weighted by Gasteiger charge is 2.24. The smallest absolute Gasteiger partial charge is 0.409 e. The van der Waals surface area contributed by atoms with Gasteiger partial charge in [-0.2, -0.15) is 0 Å². The number of carbonyl (C=O) groups excluding carboxylic acids is 2. The van der Waals surface area contributed by atoms with Gasteiger partial charge in [0.25, 0.3) is 0 Å². The number of aromatic nitrogens is 4. The van der Waals surface area contributed by atoms with E-state index in [0.29, 0.717) is 37.8 Å². The summed E-state index contributed by atoms with van der Waals surface area (Å²) in [6.45, 7) is 6.07. The number of carbonyl (C=O) groups is 2. The van der Waals surface area contributed by atoms with E-state index in [-0.39, 0.29) is 17.8 Å². The molecule has 0 unspecified atom stereocenters. The first-order chi connectivity index (χ1) is 16.0. The summed E-state index contributed by atoms with van der Waals surface area (Å²) in [6.07, 6.45) is 3.21. The van der Waals surface area contributed by atoms with Crippen molar-refractivity contribution in [2.24, 2.45) is 0 Å². The van der Waals surface area contributed by atoms with E-state index in [4.69, 9.17) is 4.74 Å². The van der Waals surface area contributed by atoms with Gasteiger partial charge in [0.05, 0.1) is 22.9 Å². The molecule has 3 aromatic heterocycles. The molecule has 3 aromatic rings. The van der Waals surface area contributed by atoms with E-state index in [0.717, 1.165) is 26.8 Å². The van der Waals surface area contributed by atoms with Crippen LogP contribution in [-0.2, 0) is 9.53 Å². The van der Waals surface area contributed by atoms with Crippen LogP contribution in [0, 0.1) is 6.92 Å². The first-order valence-electron chi connectivity index (χ1n) is 10.6. The largest absolute Gasteiger partial charge is 0.450 e. The van der Waals surface area contributed by atoms with Crippen LogP contribution >= 0.6 is 23.1 Å². The third-order valence-electron chi connectivity index (χ3n) is 5.08. The van der Waals surface area contributed by atoms with Crippen molar-refractivity contribution in [3.05, 3.63) is 42.4 Å². The molecule has 1 saturated heterocycles. The lowest BCUT2D eigenvalue weighted by Crippen LogP contribution is -2.51. The minimum Gasteiger partial charge on any atom is -0.450 e. The van der Waals surface area contributed by atoms with Gasteiger partial charge in [-0.1, -0.05) is 11.8 Å². The molecule has 0 spiro atoms. The summed E-state index contributed by atoms with van der Waals surface area (Å²) >= 11 is 2.91. The molecule has 0 aliphatic carbocycles. The van der Waals surface area contributed by atoms with Crippen LogP contribution in [-0.4, -0.2) is 80.5 Å². The molecule has 4 rings (SSSR count). The molecule has 1 fully saturated rings. The average Bonchev–Trinajstić information content (AvgIpc) is 3.25. The minimum absolute atomic E-state index is 0.0220. The van der Waals surface area contributed by atoms with E-state index in [1.54, 1.807) is 40.5 Å². The predicted octanol–water partition coefficient (Wildman–Crippen LogP) is 3.36. The summed E-state index contributed by atoms with van der Waals surface area (Å²) in [5.41, 5.74) is 2.62. The highest BCUT2D eigenvalue weighted by atomic mass is 32.2. The molecule has 0 radical (unpaired) electrons. The number of pyridine rings is 1. The Kier molecular flexibility index (Phi) is 7.50. The van der Waals surface area contributed by atoms with Gasteiger partial charge in [-0.05, 0) is 38.1 Å². The third-order valence-corrected chi connectivity index (χ3v) is 7.21. The molecule has 0 atom stereocenters. The van der Waals surface area contributed by atoms with Crippen molar-refractivity contribution < 1.29 is 14.3 Å². The minimum atomic E-state index is -0.321. The summed E-state index contributed by atoms with van der Waals surface area (Å²) in [5, 5.41) is 10.2. The Hall–Kier alpha value is -3.05. The van der Waals surface area contributed by atoms with Gasteiger partial charge in [0.15, 0.2) is 0 Å². The molecule has 2 amide bonds. The van der Waals surface area contributed by atoms with Crippen LogP contribution in [0.4, 0.5) is 4.79 Å². The maximum atomic E-state index is 12.6. The molecule has 1 aliphatic rings. The normalized spacial score (nSPS) is 13.8. The second-order valence-electron chi connectivity index (χ2n) is 7.29. The molecular formula is C22H24N6O3S2. The van der Waals surface area contributed by atoms with Crippen LogP contribution in [0.25, 0.3) is 21.1 Å². The number of nitrogens with zero attached hydrogens (tertiary/aromatic N) is 6. The van der Waals surface area contributed by atoms with Crippen LogP contribution in [0.2, 0.25) is 0 Å². The molecule has 4 heterocycles. The van der Waals surface area contributed by atoms with Gasteiger partial charge < -0.3 is 14.5 Å². The zero-order chi connectivity index (χ0) is 23.2. The fourth-order valence-corrected chi connectivity index (χ4v) is 5.08. The van der Waals surface area contributed by atoms with E-state index >= 15 is 0 Å². The maximum Gasteiger partial charge on any atom is 0.409 e. The van der Waals surface area contributed by atoms with E-state index in [1.807, 2.05) is 31.2 Å². The fraction of sp³-hybridized carbons (Fsp3) is 0.364. The number of aryl methyl sites for hydroxylation is 1. The molecule has 0 saturated carbocycles. The van der Waals surface area contributed by atoms with Crippen molar-refractivity contribution in [2.45, 2.75) is 18.9 Å². The SMILES string of the molecule is CCOC(=O)N1CCN(C(=O)CSc2ccc(-c3sc(-c4cccnc4)nc3C)nn2)CC1. The Balaban J connectivity index is 1.31. The number of hydrogen-bond donors (Lipinski definition) is 0. The molecule has 0 bridgehead atoms. The molecule has 0 aromatic carbocycles. The van der Waals surface area contributed by atoms with Crippen LogP contribution < -0.4 is 0 Å². The fourth-order valence-electron chi connectivity index (χ4n) is 3.35. The van der Waals surface area contributed by atoms with Crippen LogP contribution in [0.1, 0.15) is 12.6 Å². The van der Waals surface area contributed by atoms with Gasteiger partial charge in [-0.3, -0.25) is 9.78 Å². The van der Waals surface area contributed by atoms with Gasteiger partial charge in [0, 0.05) is 44.1 Å². The van der Waals surface area contributed by atoms with Gasteiger partial charge in [0.2, 0.25) is 5.91 Å². The van der Waals surface area contributed by atoms with Crippen molar-refractivity contribution in [1.82, 2.24) is 30.0 Å². The topological polar surface area (TPSA) is 101 Å². The number of hydrogen-bond acceptors (Lipinski definition) is 9. The summed E-state index contributed by atoms with van der Waals surface area (Å²) in [7, 11) is 0. The Morgan fingerprint density at radius 2 is 1.91 bits per heavy atom. The first-order valence-corrected chi connectivity index (χ1v) is 12.4. The van der Waals surface area contributed by atoms with E-state index in [1.165, 1.54) is 11.8 Å². The zero-order valence-corrected chi connectivity index (χ0v) is 20.1. The Morgan fingerprint density at radius 3 is 2.58 bits per heavy atom. The van der Waals surface area contributed by atoms with Crippen LogP contribution in [0.15, 0.2) is 41.7 Å². The second kappa shape index (κ2) is 10.7. The highest BCUT2D eigenvalue weighted by molar-refractivity contribution is 7.99. The van der Waals surface area contributed by atoms with Crippen molar-refractivity contribution in [3.8, 4) is 21.1 Å². The van der Waals surface area contributed by atoms with Gasteiger partial charge >= 0.3 is 6.09 Å². The Bertz CT molecular complexity index is 1100. The zero-order valence-electron chi connectivity index (χ0n) is 18.4. The number of rotatable bonds is 6. The lowest BCUT2D eigenvalue weighted by Gasteiger charge is -2.34. The van der Waals surface area contributed by atoms with E-state index in [9.17, 15) is 9.59 Å². The number of ether oxygens (including phenoxy) is 1. The second-order valence-corrected chi connectivity index (χ2v) is 9.28. The summed E-state index contributed by atoms with van der Waals surface area (Å²) in [4.78, 5) is 37.5. The molecule has 172 valence electrons. The van der Waals surface area contributed by atoms with E-state index < -0.39 is 0 Å². The standard InChI is InChI=1S/C22H24N6O3S2/c1-3-31-22(30)28-11-9-27(10-12-28)19(29)14-32-18-7-6-17(25-26-18)20-15(2)24-21(33-20)16-5-4-8-23-13-16/h4-8,13H,3,9-12,14H2,1-2H3. The molecule has 33 heavy (non-hydrogen) atoms. The van der Waals surface area contributed by atoms with Crippen molar-refractivity contribution in [3.63, 3.8) is 0 Å². The first kappa shape index (κ1) is 23.1. The maximum absolute atomic E-state index is 12.6. The monoisotopic (exact) mass is 484 g/mol. The molecular weight excluding hydrogens is 460 g/mol. The van der Waals surface area contributed by atoms with Crippen LogP contribution in [0.3, 0.4) is 0 Å². The lowest BCUT2D eigenvalue weighted by molar-refractivity contribution is -0.129. The number of amides is 2. The number of thiazole rings is 1. The quantitative estimate of drug-likeness (QED) is 0.491. The van der Waals surface area contributed by atoms with E-state index in [2.05, 4.69) is 20.2 Å². The van der Waals surface area contributed by atoms with Crippen LogP contribution in [0.5, 0.6) is 0 Å². The molecule has 0 N–H and O–H groups in total. The molecule has 9 nitrogen and oxygen atoms in total. The van der Waals surface area contributed by atoms with Gasteiger partial charge in [0.1, 0.15) is 15.7 Å². The predicted molar refractivity (Wildman–Crippen MR) is 127 cm³/mol. The summed E-state index contributed by atoms with van der Waals surface area (Å²) < 4.78 is 5.01. The molecule has 1 aliphatic heterocycles. The van der Waals surface area contributed by atoms with Crippen molar-refractivity contribution in [1.29, 1.82) is 0 Å². The van der Waals surface area contributed by atoms with Crippen molar-refractivity contribution >= 4 is 35.1 Å². The Morgan fingerprint density at radius 1 is 1.12 bits per heavy atom. The lowest BCUT2D eigenvalue weighted by atomic mass is 10.3. The average molecular weight is 485 g/mol.